The maximum Gasteiger partial charge on any atom is 0.193 e. The monoisotopic (exact) mass is 322 g/mol. The number of likely N-dealkylation sites (tertiary alicyclic amines) is 1. The summed E-state index contributed by atoms with van der Waals surface area (Å²) in [4.78, 5) is 8.97. The number of hydrogen-bond donors (Lipinski definition) is 1. The van der Waals surface area contributed by atoms with Crippen molar-refractivity contribution in [3.63, 3.8) is 0 Å². The number of nitrogens with one attached hydrogen (secondary N) is 1. The van der Waals surface area contributed by atoms with Gasteiger partial charge in [-0.05, 0) is 20.5 Å². The maximum absolute atomic E-state index is 5.27. The summed E-state index contributed by atoms with van der Waals surface area (Å²) in [6.45, 7) is 3.67. The molecule has 0 spiro atoms. The highest BCUT2D eigenvalue weighted by Crippen LogP contribution is 2.18. The summed E-state index contributed by atoms with van der Waals surface area (Å²) in [7, 11) is 9.74. The molecule has 0 saturated carbocycles. The lowest BCUT2D eigenvalue weighted by Crippen LogP contribution is -2.43. The van der Waals surface area contributed by atoms with E-state index in [0.717, 1.165) is 38.6 Å². The van der Waals surface area contributed by atoms with Crippen LogP contribution in [-0.4, -0.2) is 80.0 Å². The van der Waals surface area contributed by atoms with E-state index in [4.69, 9.17) is 4.74 Å². The lowest BCUT2D eigenvalue weighted by Gasteiger charge is -2.27. The summed E-state index contributed by atoms with van der Waals surface area (Å²) in [6, 6.07) is 0.262. The molecule has 23 heavy (non-hydrogen) atoms. The third-order valence-corrected chi connectivity index (χ3v) is 4.39. The first-order valence-electron chi connectivity index (χ1n) is 8.14. The standard InChI is InChI=1S/C16H30N6O/c1-17-16(22-7-6-13(10-22)12-23-5)18-9-15(20(2)3)14-8-19-21(4)11-14/h8,11,13,15H,6-7,9-10,12H2,1-5H3,(H,17,18). The van der Waals surface area contributed by atoms with Gasteiger partial charge in [0.15, 0.2) is 5.96 Å². The van der Waals surface area contributed by atoms with Crippen molar-refractivity contribution >= 4 is 5.96 Å². The second kappa shape index (κ2) is 8.31. The molecule has 7 nitrogen and oxygen atoms in total. The van der Waals surface area contributed by atoms with E-state index in [9.17, 15) is 0 Å². The second-order valence-electron chi connectivity index (χ2n) is 6.41. The normalized spacial score (nSPS) is 20.3. The largest absolute Gasteiger partial charge is 0.384 e. The molecule has 2 unspecified atom stereocenters. The van der Waals surface area contributed by atoms with Gasteiger partial charge in [0, 0.05) is 58.5 Å². The Bertz CT molecular complexity index is 512. The van der Waals surface area contributed by atoms with Gasteiger partial charge in [0.25, 0.3) is 0 Å². The molecule has 2 heterocycles. The Balaban J connectivity index is 1.94. The van der Waals surface area contributed by atoms with Crippen molar-refractivity contribution in [2.45, 2.75) is 12.5 Å². The number of guanidine groups is 1. The first-order valence-corrected chi connectivity index (χ1v) is 8.14. The van der Waals surface area contributed by atoms with Crippen LogP contribution in [0.25, 0.3) is 0 Å². The van der Waals surface area contributed by atoms with Gasteiger partial charge in [0.05, 0.1) is 18.8 Å². The molecule has 1 saturated heterocycles. The van der Waals surface area contributed by atoms with Crippen molar-refractivity contribution in [2.24, 2.45) is 18.0 Å². The predicted molar refractivity (Wildman–Crippen MR) is 92.6 cm³/mol. The highest BCUT2D eigenvalue weighted by molar-refractivity contribution is 5.80. The van der Waals surface area contributed by atoms with Gasteiger partial charge in [-0.15, -0.1) is 0 Å². The molecule has 2 rings (SSSR count). The van der Waals surface area contributed by atoms with Crippen molar-refractivity contribution < 1.29 is 4.74 Å². The van der Waals surface area contributed by atoms with Crippen molar-refractivity contribution in [3.05, 3.63) is 18.0 Å². The predicted octanol–water partition coefficient (Wildman–Crippen LogP) is 0.567. The molecule has 1 aromatic heterocycles. The Morgan fingerprint density at radius 2 is 2.35 bits per heavy atom. The molecule has 2 atom stereocenters. The molecule has 7 heteroatoms. The number of aromatic nitrogens is 2. The average Bonchev–Trinajstić information content (AvgIpc) is 3.13. The molecular weight excluding hydrogens is 292 g/mol. The van der Waals surface area contributed by atoms with E-state index in [1.165, 1.54) is 5.56 Å². The van der Waals surface area contributed by atoms with Crippen LogP contribution < -0.4 is 5.32 Å². The summed E-state index contributed by atoms with van der Waals surface area (Å²) >= 11 is 0. The first-order chi connectivity index (χ1) is 11.0. The third kappa shape index (κ3) is 4.68. The molecule has 1 aliphatic heterocycles. The fourth-order valence-corrected chi connectivity index (χ4v) is 3.13. The van der Waals surface area contributed by atoms with Gasteiger partial charge in [-0.3, -0.25) is 9.67 Å². The number of aryl methyl sites for hydroxylation is 1. The van der Waals surface area contributed by atoms with E-state index in [2.05, 4.69) is 45.5 Å². The Morgan fingerprint density at radius 1 is 1.57 bits per heavy atom. The van der Waals surface area contributed by atoms with E-state index >= 15 is 0 Å². The van der Waals surface area contributed by atoms with Crippen LogP contribution in [0.1, 0.15) is 18.0 Å². The van der Waals surface area contributed by atoms with Crippen molar-refractivity contribution in [2.75, 3.05) is 54.5 Å². The molecular formula is C16H30N6O. The molecule has 1 N–H and O–H groups in total. The molecule has 0 amide bonds. The van der Waals surface area contributed by atoms with Gasteiger partial charge in [-0.2, -0.15) is 5.10 Å². The van der Waals surface area contributed by atoms with E-state index in [1.54, 1.807) is 7.11 Å². The van der Waals surface area contributed by atoms with Crippen LogP contribution in [0.2, 0.25) is 0 Å². The second-order valence-corrected chi connectivity index (χ2v) is 6.41. The van der Waals surface area contributed by atoms with Crippen LogP contribution in [0.5, 0.6) is 0 Å². The maximum atomic E-state index is 5.27. The number of hydrogen-bond acceptors (Lipinski definition) is 4. The highest BCUT2D eigenvalue weighted by Gasteiger charge is 2.25. The van der Waals surface area contributed by atoms with Gasteiger partial charge < -0.3 is 19.9 Å². The number of nitrogens with zero attached hydrogens (tertiary/aromatic N) is 5. The first kappa shape index (κ1) is 17.7. The Kier molecular flexibility index (Phi) is 6.41. The summed E-state index contributed by atoms with van der Waals surface area (Å²) < 4.78 is 7.12. The number of methoxy groups -OCH3 is 1. The summed E-state index contributed by atoms with van der Waals surface area (Å²) in [5.41, 5.74) is 1.21. The van der Waals surface area contributed by atoms with Gasteiger partial charge >= 0.3 is 0 Å². The zero-order valence-corrected chi connectivity index (χ0v) is 15.0. The van der Waals surface area contributed by atoms with E-state index < -0.39 is 0 Å². The van der Waals surface area contributed by atoms with Crippen LogP contribution >= 0.6 is 0 Å². The van der Waals surface area contributed by atoms with Crippen LogP contribution in [-0.2, 0) is 11.8 Å². The van der Waals surface area contributed by atoms with Crippen LogP contribution in [0, 0.1) is 5.92 Å². The minimum atomic E-state index is 0.262. The third-order valence-electron chi connectivity index (χ3n) is 4.39. The fraction of sp³-hybridized carbons (Fsp3) is 0.750. The number of rotatable bonds is 6. The van der Waals surface area contributed by atoms with E-state index in [1.807, 2.05) is 25.0 Å². The zero-order chi connectivity index (χ0) is 16.8. The molecule has 1 fully saturated rings. The Morgan fingerprint density at radius 3 is 2.91 bits per heavy atom. The minimum Gasteiger partial charge on any atom is -0.384 e. The van der Waals surface area contributed by atoms with Crippen molar-refractivity contribution in [1.29, 1.82) is 0 Å². The van der Waals surface area contributed by atoms with Crippen LogP contribution in [0.4, 0.5) is 0 Å². The van der Waals surface area contributed by atoms with Crippen molar-refractivity contribution in [1.82, 2.24) is 24.9 Å². The minimum absolute atomic E-state index is 0.262. The number of ether oxygens (including phenoxy) is 1. The summed E-state index contributed by atoms with van der Waals surface area (Å²) in [5, 5.41) is 7.80. The van der Waals surface area contributed by atoms with Gasteiger partial charge in [-0.1, -0.05) is 0 Å². The number of likely N-dealkylation sites (N-methyl/N-ethyl adjacent to an activating group) is 1. The van der Waals surface area contributed by atoms with Crippen LogP contribution in [0.3, 0.4) is 0 Å². The van der Waals surface area contributed by atoms with Gasteiger partial charge in [0.2, 0.25) is 0 Å². The zero-order valence-electron chi connectivity index (χ0n) is 15.0. The molecule has 1 aliphatic rings. The highest BCUT2D eigenvalue weighted by atomic mass is 16.5. The summed E-state index contributed by atoms with van der Waals surface area (Å²) in [5.74, 6) is 1.57. The molecule has 0 aromatic carbocycles. The average molecular weight is 322 g/mol. The lowest BCUT2D eigenvalue weighted by molar-refractivity contribution is 0.157. The van der Waals surface area contributed by atoms with Crippen molar-refractivity contribution in [3.8, 4) is 0 Å². The van der Waals surface area contributed by atoms with E-state index in [-0.39, 0.29) is 6.04 Å². The van der Waals surface area contributed by atoms with Gasteiger partial charge in [-0.25, -0.2) is 0 Å². The molecule has 0 radical (unpaired) electrons. The lowest BCUT2D eigenvalue weighted by atomic mass is 10.1. The molecule has 1 aromatic rings. The Labute approximate surface area is 139 Å². The molecule has 0 bridgehead atoms. The fourth-order valence-electron chi connectivity index (χ4n) is 3.13. The Hall–Kier alpha value is -1.60. The van der Waals surface area contributed by atoms with Crippen LogP contribution in [0.15, 0.2) is 17.4 Å². The van der Waals surface area contributed by atoms with Gasteiger partial charge in [0.1, 0.15) is 0 Å². The topological polar surface area (TPSA) is 57.9 Å². The number of aliphatic imine (C=N–C) groups is 1. The molecule has 130 valence electrons. The smallest absolute Gasteiger partial charge is 0.193 e. The summed E-state index contributed by atoms with van der Waals surface area (Å²) in [6.07, 6.45) is 5.16. The molecule has 0 aliphatic carbocycles. The quantitative estimate of drug-likeness (QED) is 0.613. The SMILES string of the molecule is CN=C(NCC(c1cnn(C)c1)N(C)C)N1CCC(COC)C1. The van der Waals surface area contributed by atoms with E-state index in [0.29, 0.717) is 5.92 Å².